The minimum absolute atomic E-state index is 0.0617. The lowest BCUT2D eigenvalue weighted by Crippen LogP contribution is -2.66. The van der Waals surface area contributed by atoms with Gasteiger partial charge in [0.1, 0.15) is 0 Å². The minimum atomic E-state index is -2.54. The van der Waals surface area contributed by atoms with Crippen molar-refractivity contribution in [2.75, 3.05) is 6.61 Å². The first-order valence-corrected chi connectivity index (χ1v) is 11.6. The molecule has 0 aliphatic rings. The van der Waals surface area contributed by atoms with Gasteiger partial charge in [-0.15, -0.1) is 0 Å². The molecule has 0 saturated carbocycles. The highest BCUT2D eigenvalue weighted by Gasteiger charge is 2.50. The second-order valence-corrected chi connectivity index (χ2v) is 12.9. The summed E-state index contributed by atoms with van der Waals surface area (Å²) in [6.45, 7) is 11.2. The second kappa shape index (κ2) is 8.85. The molecule has 0 spiro atoms. The number of aliphatic carboxylic acids is 1. The summed E-state index contributed by atoms with van der Waals surface area (Å²) < 4.78 is 6.85. The molecule has 1 N–H and O–H groups in total. The fourth-order valence-electron chi connectivity index (χ4n) is 3.80. The number of carbonyl (C=O) groups is 1. The van der Waals surface area contributed by atoms with Gasteiger partial charge in [-0.05, 0) is 27.8 Å². The van der Waals surface area contributed by atoms with Crippen molar-refractivity contribution in [2.24, 2.45) is 11.8 Å². The van der Waals surface area contributed by atoms with Crippen LogP contribution in [0.25, 0.3) is 0 Å². The van der Waals surface area contributed by atoms with Gasteiger partial charge in [0.2, 0.25) is 0 Å². The Hall–Kier alpha value is -1.91. The lowest BCUT2D eigenvalue weighted by molar-refractivity contribution is -0.141. The molecule has 0 unspecified atom stereocenters. The molecule has 2 rings (SSSR count). The van der Waals surface area contributed by atoms with Gasteiger partial charge in [0, 0.05) is 6.61 Å². The average molecular weight is 385 g/mol. The standard InChI is InChI=1S/C23H32O3Si/c1-18(16-19(2)22(24)25)17-26-27(23(3,4)5,20-12-8-6-9-13-20)21-14-10-7-11-15-21/h6-15,18-19H,16-17H2,1-5H3,(H,24,25)/t18-,19-/m0/s1. The third-order valence-corrected chi connectivity index (χ3v) is 10.2. The Labute approximate surface area is 164 Å². The number of carboxylic acids is 1. The molecule has 0 radical (unpaired) electrons. The number of benzene rings is 2. The van der Waals surface area contributed by atoms with Crippen LogP contribution in [0.3, 0.4) is 0 Å². The van der Waals surface area contributed by atoms with E-state index in [4.69, 9.17) is 4.43 Å². The molecular weight excluding hydrogens is 352 g/mol. The van der Waals surface area contributed by atoms with Crippen LogP contribution in [0.1, 0.15) is 41.0 Å². The fourth-order valence-corrected chi connectivity index (χ4v) is 8.49. The summed E-state index contributed by atoms with van der Waals surface area (Å²) in [6.07, 6.45) is 0.619. The number of hydrogen-bond acceptors (Lipinski definition) is 2. The van der Waals surface area contributed by atoms with Crippen molar-refractivity contribution < 1.29 is 14.3 Å². The minimum Gasteiger partial charge on any atom is -0.481 e. The van der Waals surface area contributed by atoms with Gasteiger partial charge in [-0.25, -0.2) is 0 Å². The summed E-state index contributed by atoms with van der Waals surface area (Å²) in [5, 5.41) is 11.7. The highest BCUT2D eigenvalue weighted by atomic mass is 28.4. The van der Waals surface area contributed by atoms with Crippen molar-refractivity contribution >= 4 is 24.7 Å². The molecule has 0 aliphatic heterocycles. The molecular formula is C23H32O3Si. The van der Waals surface area contributed by atoms with E-state index in [0.29, 0.717) is 13.0 Å². The lowest BCUT2D eigenvalue weighted by Gasteiger charge is -2.43. The molecule has 0 fully saturated rings. The quantitative estimate of drug-likeness (QED) is 0.690. The summed E-state index contributed by atoms with van der Waals surface area (Å²) in [7, 11) is -2.54. The van der Waals surface area contributed by atoms with E-state index in [2.05, 4.69) is 76.2 Å². The fraction of sp³-hybridized carbons (Fsp3) is 0.435. The number of rotatable bonds is 8. The first-order chi connectivity index (χ1) is 12.7. The van der Waals surface area contributed by atoms with Crippen LogP contribution in [0.2, 0.25) is 5.04 Å². The molecule has 0 bridgehead atoms. The van der Waals surface area contributed by atoms with Crippen LogP contribution in [0, 0.1) is 11.8 Å². The summed E-state index contributed by atoms with van der Waals surface area (Å²) >= 11 is 0. The number of carboxylic acid groups (broad SMARTS) is 1. The van der Waals surface area contributed by atoms with E-state index in [1.165, 1.54) is 10.4 Å². The Bertz CT molecular complexity index is 683. The van der Waals surface area contributed by atoms with E-state index in [1.807, 2.05) is 12.1 Å². The molecule has 3 nitrogen and oxygen atoms in total. The van der Waals surface area contributed by atoms with Gasteiger partial charge >= 0.3 is 5.97 Å². The predicted molar refractivity (Wildman–Crippen MR) is 114 cm³/mol. The summed E-state index contributed by atoms with van der Waals surface area (Å²) in [5.74, 6) is -0.923. The highest BCUT2D eigenvalue weighted by molar-refractivity contribution is 6.99. The Morgan fingerprint density at radius 2 is 1.41 bits per heavy atom. The van der Waals surface area contributed by atoms with Crippen LogP contribution in [-0.4, -0.2) is 26.0 Å². The molecule has 27 heavy (non-hydrogen) atoms. The Balaban J connectivity index is 2.42. The van der Waals surface area contributed by atoms with Gasteiger partial charge in [-0.1, -0.05) is 95.3 Å². The molecule has 0 aromatic heterocycles. The summed E-state index contributed by atoms with van der Waals surface area (Å²) in [6, 6.07) is 21.1. The van der Waals surface area contributed by atoms with Crippen LogP contribution in [-0.2, 0) is 9.22 Å². The lowest BCUT2D eigenvalue weighted by atomic mass is 9.98. The largest absolute Gasteiger partial charge is 0.481 e. The van der Waals surface area contributed by atoms with Crippen LogP contribution >= 0.6 is 0 Å². The van der Waals surface area contributed by atoms with Gasteiger partial charge in [0.25, 0.3) is 8.32 Å². The third-order valence-electron chi connectivity index (χ3n) is 5.18. The Morgan fingerprint density at radius 3 is 1.78 bits per heavy atom. The zero-order valence-electron chi connectivity index (χ0n) is 17.1. The SMILES string of the molecule is C[C@H](CO[Si](c1ccccc1)(c1ccccc1)C(C)(C)C)C[C@H](C)C(=O)O. The maximum atomic E-state index is 11.2. The van der Waals surface area contributed by atoms with Gasteiger partial charge in [0.05, 0.1) is 5.92 Å². The second-order valence-electron chi connectivity index (χ2n) is 8.55. The van der Waals surface area contributed by atoms with E-state index in [0.717, 1.165) is 0 Å². The maximum Gasteiger partial charge on any atom is 0.306 e. The molecule has 0 amide bonds. The van der Waals surface area contributed by atoms with Crippen LogP contribution < -0.4 is 10.4 Å². The van der Waals surface area contributed by atoms with Crippen molar-refractivity contribution in [3.63, 3.8) is 0 Å². The van der Waals surface area contributed by atoms with Crippen molar-refractivity contribution in [1.82, 2.24) is 0 Å². The molecule has 146 valence electrons. The normalized spacial score (nSPS) is 14.6. The van der Waals surface area contributed by atoms with Crippen LogP contribution in [0.5, 0.6) is 0 Å². The van der Waals surface area contributed by atoms with Crippen molar-refractivity contribution in [3.8, 4) is 0 Å². The molecule has 0 saturated heterocycles. The van der Waals surface area contributed by atoms with E-state index in [1.54, 1.807) is 6.92 Å². The van der Waals surface area contributed by atoms with Crippen molar-refractivity contribution in [1.29, 1.82) is 0 Å². The Kier molecular flexibility index (Phi) is 7.01. The number of hydrogen-bond donors (Lipinski definition) is 1. The molecule has 2 aromatic carbocycles. The summed E-state index contributed by atoms with van der Waals surface area (Å²) in [5.41, 5.74) is 0. The molecule has 2 aromatic rings. The van der Waals surface area contributed by atoms with Gasteiger partial charge in [0.15, 0.2) is 0 Å². The smallest absolute Gasteiger partial charge is 0.306 e. The maximum absolute atomic E-state index is 11.2. The first kappa shape index (κ1) is 21.4. The third kappa shape index (κ3) is 4.88. The molecule has 0 heterocycles. The zero-order valence-corrected chi connectivity index (χ0v) is 18.1. The highest BCUT2D eigenvalue weighted by Crippen LogP contribution is 2.37. The van der Waals surface area contributed by atoms with E-state index in [-0.39, 0.29) is 16.9 Å². The average Bonchev–Trinajstić information content (AvgIpc) is 2.62. The van der Waals surface area contributed by atoms with Gasteiger partial charge < -0.3 is 9.53 Å². The summed E-state index contributed by atoms with van der Waals surface area (Å²) in [4.78, 5) is 11.2. The van der Waals surface area contributed by atoms with E-state index in [9.17, 15) is 9.90 Å². The zero-order chi connectivity index (χ0) is 20.1. The van der Waals surface area contributed by atoms with Crippen molar-refractivity contribution in [2.45, 2.75) is 46.1 Å². The molecule has 2 atom stereocenters. The topological polar surface area (TPSA) is 46.5 Å². The molecule has 4 heteroatoms. The first-order valence-electron chi connectivity index (χ1n) is 9.66. The Morgan fingerprint density at radius 1 is 0.963 bits per heavy atom. The van der Waals surface area contributed by atoms with E-state index >= 15 is 0 Å². The predicted octanol–water partition coefficient (Wildman–Crippen LogP) is 4.31. The van der Waals surface area contributed by atoms with Gasteiger partial charge in [-0.3, -0.25) is 4.79 Å². The van der Waals surface area contributed by atoms with Crippen molar-refractivity contribution in [3.05, 3.63) is 60.7 Å². The van der Waals surface area contributed by atoms with Crippen LogP contribution in [0.4, 0.5) is 0 Å². The molecule has 0 aliphatic carbocycles. The monoisotopic (exact) mass is 384 g/mol. The van der Waals surface area contributed by atoms with E-state index < -0.39 is 14.3 Å². The van der Waals surface area contributed by atoms with Gasteiger partial charge in [-0.2, -0.15) is 0 Å². The van der Waals surface area contributed by atoms with Crippen LogP contribution in [0.15, 0.2) is 60.7 Å².